The second-order valence-electron chi connectivity index (χ2n) is 9.51. The van der Waals surface area contributed by atoms with E-state index in [1.165, 1.54) is 0 Å². The first kappa shape index (κ1) is 25.7. The van der Waals surface area contributed by atoms with Gasteiger partial charge in [0.25, 0.3) is 0 Å². The predicted molar refractivity (Wildman–Crippen MR) is 155 cm³/mol. The molecule has 0 bridgehead atoms. The molecule has 5 rings (SSSR count). The molecule has 192 valence electrons. The van der Waals surface area contributed by atoms with Crippen LogP contribution >= 0.6 is 11.6 Å². The number of carbonyl (C=O) groups excluding carboxylic acids is 1. The standard InChI is InChI=1S/C32H31ClN4O/c1-24-29(23-26-13-16-28(33)17-14-26)32(35-31(34-24)27-11-6-3-7-12-27)37-20-8-19-36(21-22-37)30(38)18-15-25-9-4-2-5-10-25/h2-7,9-18H,8,19-23H2,1H3/b18-15+. The molecule has 0 atom stereocenters. The average Bonchev–Trinajstić information content (AvgIpc) is 3.21. The number of aryl methyl sites for hydroxylation is 1. The van der Waals surface area contributed by atoms with Gasteiger partial charge in [-0.25, -0.2) is 9.97 Å². The van der Waals surface area contributed by atoms with E-state index in [9.17, 15) is 4.79 Å². The number of hydrogen-bond donors (Lipinski definition) is 0. The summed E-state index contributed by atoms with van der Waals surface area (Å²) in [5, 5.41) is 0.722. The van der Waals surface area contributed by atoms with Crippen molar-refractivity contribution in [3.05, 3.63) is 118 Å². The van der Waals surface area contributed by atoms with Crippen molar-refractivity contribution in [3.8, 4) is 11.4 Å². The zero-order valence-electron chi connectivity index (χ0n) is 21.6. The Labute approximate surface area is 229 Å². The zero-order chi connectivity index (χ0) is 26.3. The summed E-state index contributed by atoms with van der Waals surface area (Å²) in [6, 6.07) is 28.0. The maximum atomic E-state index is 13.0. The van der Waals surface area contributed by atoms with Crippen LogP contribution in [0.5, 0.6) is 0 Å². The number of aromatic nitrogens is 2. The van der Waals surface area contributed by atoms with Crippen LogP contribution in [0.4, 0.5) is 5.82 Å². The van der Waals surface area contributed by atoms with Crippen LogP contribution in [0, 0.1) is 6.92 Å². The van der Waals surface area contributed by atoms with E-state index in [-0.39, 0.29) is 5.91 Å². The van der Waals surface area contributed by atoms with E-state index in [1.54, 1.807) is 6.08 Å². The predicted octanol–water partition coefficient (Wildman–Crippen LogP) is 6.45. The molecular formula is C32H31ClN4O. The highest BCUT2D eigenvalue weighted by Gasteiger charge is 2.23. The first-order chi connectivity index (χ1) is 18.6. The van der Waals surface area contributed by atoms with E-state index in [2.05, 4.69) is 24.0 Å². The molecule has 0 aliphatic carbocycles. The average molecular weight is 523 g/mol. The Morgan fingerprint density at radius 1 is 0.868 bits per heavy atom. The fourth-order valence-corrected chi connectivity index (χ4v) is 4.88. The van der Waals surface area contributed by atoms with Gasteiger partial charge in [0, 0.05) is 60.5 Å². The third-order valence-corrected chi connectivity index (χ3v) is 7.10. The maximum Gasteiger partial charge on any atom is 0.246 e. The van der Waals surface area contributed by atoms with Crippen molar-refractivity contribution in [3.63, 3.8) is 0 Å². The van der Waals surface area contributed by atoms with Gasteiger partial charge in [0.2, 0.25) is 5.91 Å². The van der Waals surface area contributed by atoms with Crippen LogP contribution < -0.4 is 4.90 Å². The van der Waals surface area contributed by atoms with E-state index in [4.69, 9.17) is 21.6 Å². The second kappa shape index (κ2) is 12.1. The number of carbonyl (C=O) groups is 1. The molecule has 0 saturated carbocycles. The number of benzene rings is 3. The van der Waals surface area contributed by atoms with E-state index >= 15 is 0 Å². The van der Waals surface area contributed by atoms with Crippen molar-refractivity contribution in [2.24, 2.45) is 0 Å². The number of rotatable bonds is 6. The molecule has 1 aliphatic rings. The highest BCUT2D eigenvalue weighted by atomic mass is 35.5. The van der Waals surface area contributed by atoms with Gasteiger partial charge in [-0.2, -0.15) is 0 Å². The Balaban J connectivity index is 1.41. The van der Waals surface area contributed by atoms with Gasteiger partial charge in [-0.05, 0) is 42.7 Å². The lowest BCUT2D eigenvalue weighted by molar-refractivity contribution is -0.125. The zero-order valence-corrected chi connectivity index (χ0v) is 22.3. The Morgan fingerprint density at radius 3 is 2.32 bits per heavy atom. The van der Waals surface area contributed by atoms with Gasteiger partial charge in [-0.3, -0.25) is 4.79 Å². The third kappa shape index (κ3) is 6.29. The van der Waals surface area contributed by atoms with Crippen LogP contribution in [-0.2, 0) is 11.2 Å². The van der Waals surface area contributed by atoms with Crippen LogP contribution in [0.3, 0.4) is 0 Å². The number of hydrogen-bond acceptors (Lipinski definition) is 4. The summed E-state index contributed by atoms with van der Waals surface area (Å²) >= 11 is 6.13. The second-order valence-corrected chi connectivity index (χ2v) is 9.95. The lowest BCUT2D eigenvalue weighted by atomic mass is 10.0. The molecular weight excluding hydrogens is 492 g/mol. The molecule has 6 heteroatoms. The van der Waals surface area contributed by atoms with E-state index < -0.39 is 0 Å². The van der Waals surface area contributed by atoms with Gasteiger partial charge in [-0.15, -0.1) is 0 Å². The maximum absolute atomic E-state index is 13.0. The summed E-state index contributed by atoms with van der Waals surface area (Å²) in [4.78, 5) is 27.2. The SMILES string of the molecule is Cc1nc(-c2ccccc2)nc(N2CCCN(C(=O)/C=C/c3ccccc3)CC2)c1Cc1ccc(Cl)cc1. The summed E-state index contributed by atoms with van der Waals surface area (Å²) in [5.41, 5.74) is 5.25. The molecule has 0 radical (unpaired) electrons. The van der Waals surface area contributed by atoms with E-state index in [0.717, 1.165) is 64.1 Å². The monoisotopic (exact) mass is 522 g/mol. The summed E-state index contributed by atoms with van der Waals surface area (Å²) in [7, 11) is 0. The van der Waals surface area contributed by atoms with Crippen LogP contribution in [0.25, 0.3) is 17.5 Å². The Kier molecular flexibility index (Phi) is 8.15. The number of amides is 1. The first-order valence-corrected chi connectivity index (χ1v) is 13.4. The Hall–Kier alpha value is -3.96. The minimum atomic E-state index is 0.0425. The largest absolute Gasteiger partial charge is 0.354 e. The highest BCUT2D eigenvalue weighted by Crippen LogP contribution is 2.28. The molecule has 38 heavy (non-hydrogen) atoms. The molecule has 2 heterocycles. The summed E-state index contributed by atoms with van der Waals surface area (Å²) in [6.07, 6.45) is 5.15. The lowest BCUT2D eigenvalue weighted by Crippen LogP contribution is -2.35. The Bertz CT molecular complexity index is 1410. The van der Waals surface area contributed by atoms with E-state index in [1.807, 2.05) is 83.8 Å². The van der Waals surface area contributed by atoms with Crippen molar-refractivity contribution in [1.82, 2.24) is 14.9 Å². The van der Waals surface area contributed by atoms with Crippen LogP contribution in [-0.4, -0.2) is 47.0 Å². The number of nitrogens with zero attached hydrogens (tertiary/aromatic N) is 4. The lowest BCUT2D eigenvalue weighted by Gasteiger charge is -2.26. The fraction of sp³-hybridized carbons (Fsp3) is 0.219. The van der Waals surface area contributed by atoms with Crippen LogP contribution in [0.1, 0.15) is 28.8 Å². The fourth-order valence-electron chi connectivity index (χ4n) is 4.76. The van der Waals surface area contributed by atoms with Crippen molar-refractivity contribution in [2.45, 2.75) is 19.8 Å². The molecule has 1 aliphatic heterocycles. The minimum Gasteiger partial charge on any atom is -0.354 e. The number of halogens is 1. The molecule has 1 amide bonds. The molecule has 0 unspecified atom stereocenters. The highest BCUT2D eigenvalue weighted by molar-refractivity contribution is 6.30. The van der Waals surface area contributed by atoms with Crippen molar-refractivity contribution in [2.75, 3.05) is 31.1 Å². The Morgan fingerprint density at radius 2 is 1.58 bits per heavy atom. The normalized spacial score (nSPS) is 14.1. The molecule has 1 saturated heterocycles. The summed E-state index contributed by atoms with van der Waals surface area (Å²) < 4.78 is 0. The minimum absolute atomic E-state index is 0.0425. The first-order valence-electron chi connectivity index (χ1n) is 13.0. The molecule has 5 nitrogen and oxygen atoms in total. The molecule has 1 fully saturated rings. The van der Waals surface area contributed by atoms with Crippen molar-refractivity contribution >= 4 is 29.4 Å². The van der Waals surface area contributed by atoms with Gasteiger partial charge in [0.05, 0.1) is 0 Å². The molecule has 0 N–H and O–H groups in total. The molecule has 1 aromatic heterocycles. The third-order valence-electron chi connectivity index (χ3n) is 6.84. The topological polar surface area (TPSA) is 49.3 Å². The van der Waals surface area contributed by atoms with Gasteiger partial charge >= 0.3 is 0 Å². The van der Waals surface area contributed by atoms with Crippen molar-refractivity contribution < 1.29 is 4.79 Å². The molecule has 4 aromatic rings. The van der Waals surface area contributed by atoms with Gasteiger partial charge < -0.3 is 9.80 Å². The van der Waals surface area contributed by atoms with Gasteiger partial charge in [-0.1, -0.05) is 84.4 Å². The van der Waals surface area contributed by atoms with Crippen LogP contribution in [0.15, 0.2) is 91.0 Å². The smallest absolute Gasteiger partial charge is 0.246 e. The molecule has 0 spiro atoms. The van der Waals surface area contributed by atoms with Gasteiger partial charge in [0.15, 0.2) is 5.82 Å². The van der Waals surface area contributed by atoms with Crippen molar-refractivity contribution in [1.29, 1.82) is 0 Å². The summed E-state index contributed by atoms with van der Waals surface area (Å²) in [5.74, 6) is 1.71. The number of anilines is 1. The van der Waals surface area contributed by atoms with Gasteiger partial charge in [0.1, 0.15) is 5.82 Å². The van der Waals surface area contributed by atoms with Crippen LogP contribution in [0.2, 0.25) is 5.02 Å². The van der Waals surface area contributed by atoms with E-state index in [0.29, 0.717) is 19.5 Å². The molecule has 3 aromatic carbocycles. The summed E-state index contributed by atoms with van der Waals surface area (Å²) in [6.45, 7) is 4.96. The quantitative estimate of drug-likeness (QED) is 0.273.